The van der Waals surface area contributed by atoms with E-state index in [2.05, 4.69) is 19.2 Å². The van der Waals surface area contributed by atoms with Crippen LogP contribution in [0.5, 0.6) is 0 Å². The van der Waals surface area contributed by atoms with Crippen LogP contribution < -0.4 is 5.32 Å². The SMILES string of the molecule is CC(=O)/C=C1/NC(C)(C)CC(C)O1. The second kappa shape index (κ2) is 3.40. The third-order valence-corrected chi connectivity index (χ3v) is 1.92. The van der Waals surface area contributed by atoms with Crippen molar-refractivity contribution in [1.82, 2.24) is 5.32 Å². The molecule has 3 heteroatoms. The Hall–Kier alpha value is -0.990. The van der Waals surface area contributed by atoms with E-state index in [4.69, 9.17) is 4.74 Å². The highest BCUT2D eigenvalue weighted by atomic mass is 16.5. The molecule has 0 aromatic heterocycles. The van der Waals surface area contributed by atoms with Crippen molar-refractivity contribution in [3.05, 3.63) is 12.0 Å². The highest BCUT2D eigenvalue weighted by Gasteiger charge is 2.28. The fourth-order valence-corrected chi connectivity index (χ4v) is 1.65. The molecule has 13 heavy (non-hydrogen) atoms. The third kappa shape index (κ3) is 3.09. The van der Waals surface area contributed by atoms with Gasteiger partial charge in [0.2, 0.25) is 0 Å². The van der Waals surface area contributed by atoms with Crippen molar-refractivity contribution in [2.24, 2.45) is 0 Å². The minimum Gasteiger partial charge on any atom is -0.476 e. The van der Waals surface area contributed by atoms with Crippen LogP contribution in [0.3, 0.4) is 0 Å². The van der Waals surface area contributed by atoms with E-state index < -0.39 is 0 Å². The lowest BCUT2D eigenvalue weighted by molar-refractivity contribution is -0.113. The Kier molecular flexibility index (Phi) is 2.64. The minimum absolute atomic E-state index is 0.00685. The molecule has 0 saturated carbocycles. The largest absolute Gasteiger partial charge is 0.476 e. The quantitative estimate of drug-likeness (QED) is 0.627. The summed E-state index contributed by atoms with van der Waals surface area (Å²) >= 11 is 0. The Morgan fingerprint density at radius 1 is 1.69 bits per heavy atom. The zero-order chi connectivity index (χ0) is 10.1. The standard InChI is InChI=1S/C10H17NO2/c1-7(12)5-9-11-10(3,4)6-8(2)13-9/h5,8,11H,6H2,1-4H3/b9-5-. The number of hydrogen-bond acceptors (Lipinski definition) is 3. The van der Waals surface area contributed by atoms with Crippen molar-refractivity contribution in [3.63, 3.8) is 0 Å². The first-order valence-electron chi connectivity index (χ1n) is 4.56. The zero-order valence-corrected chi connectivity index (χ0v) is 8.68. The average Bonchev–Trinajstić information content (AvgIpc) is 1.78. The molecule has 0 spiro atoms. The summed E-state index contributed by atoms with van der Waals surface area (Å²) < 4.78 is 5.46. The van der Waals surface area contributed by atoms with Crippen molar-refractivity contribution in [2.45, 2.75) is 45.8 Å². The molecule has 1 fully saturated rings. The third-order valence-electron chi connectivity index (χ3n) is 1.92. The van der Waals surface area contributed by atoms with E-state index in [1.54, 1.807) is 0 Å². The van der Waals surface area contributed by atoms with Crippen LogP contribution in [0.15, 0.2) is 12.0 Å². The predicted octanol–water partition coefficient (Wildman–Crippen LogP) is 1.59. The molecule has 1 heterocycles. The summed E-state index contributed by atoms with van der Waals surface area (Å²) in [5.41, 5.74) is 0.0128. The van der Waals surface area contributed by atoms with Gasteiger partial charge < -0.3 is 10.1 Å². The molecule has 74 valence electrons. The molecule has 1 aliphatic heterocycles. The summed E-state index contributed by atoms with van der Waals surface area (Å²) in [6.07, 6.45) is 2.61. The van der Waals surface area contributed by atoms with Gasteiger partial charge in [0.05, 0.1) is 6.10 Å². The van der Waals surface area contributed by atoms with E-state index in [1.165, 1.54) is 13.0 Å². The van der Waals surface area contributed by atoms with Gasteiger partial charge in [-0.15, -0.1) is 0 Å². The molecule has 0 aromatic carbocycles. The van der Waals surface area contributed by atoms with Gasteiger partial charge in [-0.1, -0.05) is 0 Å². The van der Waals surface area contributed by atoms with Gasteiger partial charge in [-0.25, -0.2) is 0 Å². The normalized spacial score (nSPS) is 29.2. The molecule has 0 amide bonds. The molecule has 1 unspecified atom stereocenters. The maximum absolute atomic E-state index is 10.8. The van der Waals surface area contributed by atoms with Crippen LogP contribution in [-0.2, 0) is 9.53 Å². The molecule has 0 radical (unpaired) electrons. The molecule has 0 aromatic rings. The van der Waals surface area contributed by atoms with Gasteiger partial charge >= 0.3 is 0 Å². The van der Waals surface area contributed by atoms with Gasteiger partial charge in [-0.2, -0.15) is 0 Å². The lowest BCUT2D eigenvalue weighted by atomic mass is 9.96. The smallest absolute Gasteiger partial charge is 0.190 e. The van der Waals surface area contributed by atoms with Crippen molar-refractivity contribution < 1.29 is 9.53 Å². The van der Waals surface area contributed by atoms with Crippen molar-refractivity contribution in [3.8, 4) is 0 Å². The monoisotopic (exact) mass is 183 g/mol. The predicted molar refractivity (Wildman–Crippen MR) is 51.1 cm³/mol. The molecule has 0 aliphatic carbocycles. The Labute approximate surface area is 79.2 Å². The summed E-state index contributed by atoms with van der Waals surface area (Å²) in [6.45, 7) is 7.72. The van der Waals surface area contributed by atoms with Gasteiger partial charge in [0.1, 0.15) is 0 Å². The molecule has 0 bridgehead atoms. The highest BCUT2D eigenvalue weighted by molar-refractivity contribution is 5.87. The van der Waals surface area contributed by atoms with Gasteiger partial charge in [0.15, 0.2) is 11.7 Å². The van der Waals surface area contributed by atoms with Gasteiger partial charge in [0.25, 0.3) is 0 Å². The maximum Gasteiger partial charge on any atom is 0.190 e. The van der Waals surface area contributed by atoms with E-state index in [0.717, 1.165) is 6.42 Å². The van der Waals surface area contributed by atoms with Crippen LogP contribution in [0.25, 0.3) is 0 Å². The molecule has 1 atom stereocenters. The van der Waals surface area contributed by atoms with E-state index in [0.29, 0.717) is 5.88 Å². The van der Waals surface area contributed by atoms with E-state index in [9.17, 15) is 4.79 Å². The first kappa shape index (κ1) is 10.1. The van der Waals surface area contributed by atoms with E-state index >= 15 is 0 Å². The first-order chi connectivity index (χ1) is 5.89. The second-order valence-corrected chi connectivity index (χ2v) is 4.26. The molecular formula is C10H17NO2. The average molecular weight is 183 g/mol. The number of ketones is 1. The molecule has 1 rings (SSSR count). The Morgan fingerprint density at radius 3 is 2.77 bits per heavy atom. The highest BCUT2D eigenvalue weighted by Crippen LogP contribution is 2.22. The second-order valence-electron chi connectivity index (χ2n) is 4.26. The molecule has 3 nitrogen and oxygen atoms in total. The van der Waals surface area contributed by atoms with Gasteiger partial charge in [0, 0.05) is 18.0 Å². The number of ether oxygens (including phenoxy) is 1. The molecule has 1 saturated heterocycles. The summed E-state index contributed by atoms with van der Waals surface area (Å²) in [7, 11) is 0. The van der Waals surface area contributed by atoms with Crippen LogP contribution >= 0.6 is 0 Å². The van der Waals surface area contributed by atoms with Crippen LogP contribution in [-0.4, -0.2) is 17.4 Å². The van der Waals surface area contributed by atoms with Crippen molar-refractivity contribution in [1.29, 1.82) is 0 Å². The maximum atomic E-state index is 10.8. The van der Waals surface area contributed by atoms with Crippen LogP contribution in [0.2, 0.25) is 0 Å². The van der Waals surface area contributed by atoms with Gasteiger partial charge in [-0.3, -0.25) is 4.79 Å². The van der Waals surface area contributed by atoms with Crippen molar-refractivity contribution >= 4 is 5.78 Å². The summed E-state index contributed by atoms with van der Waals surface area (Å²) in [6, 6.07) is 0. The number of hydrogen-bond donors (Lipinski definition) is 1. The van der Waals surface area contributed by atoms with Crippen molar-refractivity contribution in [2.75, 3.05) is 0 Å². The zero-order valence-electron chi connectivity index (χ0n) is 8.68. The summed E-state index contributed by atoms with van der Waals surface area (Å²) in [5, 5.41) is 3.17. The number of rotatable bonds is 1. The fraction of sp³-hybridized carbons (Fsp3) is 0.700. The number of carbonyl (C=O) groups is 1. The number of carbonyl (C=O) groups excluding carboxylic acids is 1. The van der Waals surface area contributed by atoms with Crippen LogP contribution in [0.4, 0.5) is 0 Å². The fourth-order valence-electron chi connectivity index (χ4n) is 1.65. The minimum atomic E-state index is 0.00685. The van der Waals surface area contributed by atoms with Crippen LogP contribution in [0.1, 0.15) is 34.1 Å². The van der Waals surface area contributed by atoms with E-state index in [1.807, 2.05) is 6.92 Å². The number of nitrogens with one attached hydrogen (secondary N) is 1. The Balaban J connectivity index is 2.74. The first-order valence-corrected chi connectivity index (χ1v) is 4.56. The summed E-state index contributed by atoms with van der Waals surface area (Å²) in [5.74, 6) is 0.601. The lowest BCUT2D eigenvalue weighted by Crippen LogP contribution is -2.47. The van der Waals surface area contributed by atoms with E-state index in [-0.39, 0.29) is 17.4 Å². The Bertz CT molecular complexity index is 243. The molecular weight excluding hydrogens is 166 g/mol. The summed E-state index contributed by atoms with van der Waals surface area (Å²) in [4.78, 5) is 10.8. The van der Waals surface area contributed by atoms with Crippen LogP contribution in [0, 0.1) is 0 Å². The lowest BCUT2D eigenvalue weighted by Gasteiger charge is -2.37. The topological polar surface area (TPSA) is 38.3 Å². The Morgan fingerprint density at radius 2 is 2.31 bits per heavy atom. The number of allylic oxidation sites excluding steroid dienone is 1. The van der Waals surface area contributed by atoms with Gasteiger partial charge in [-0.05, 0) is 27.7 Å². The molecule has 1 N–H and O–H groups in total. The molecule has 1 aliphatic rings.